The van der Waals surface area contributed by atoms with Gasteiger partial charge >= 0.3 is 0 Å². The molecule has 4 heteroatoms. The van der Waals surface area contributed by atoms with Crippen LogP contribution in [0.15, 0.2) is 28.6 Å². The van der Waals surface area contributed by atoms with Gasteiger partial charge in [0.05, 0.1) is 29.9 Å². The van der Waals surface area contributed by atoms with Crippen LogP contribution in [0.25, 0.3) is 10.2 Å². The average Bonchev–Trinajstić information content (AvgIpc) is 2.77. The molecule has 2 aromatic rings. The molecular formula is C13H19N2S2+. The number of thiazole rings is 1. The molecule has 0 fully saturated rings. The summed E-state index contributed by atoms with van der Waals surface area (Å²) in [7, 11) is 0. The molecule has 0 aliphatic rings. The van der Waals surface area contributed by atoms with Crippen molar-refractivity contribution in [3.8, 4) is 0 Å². The predicted molar refractivity (Wildman–Crippen MR) is 77.3 cm³/mol. The summed E-state index contributed by atoms with van der Waals surface area (Å²) < 4.78 is 2.50. The van der Waals surface area contributed by atoms with Crippen molar-refractivity contribution < 1.29 is 4.90 Å². The molecule has 0 radical (unpaired) electrons. The first kappa shape index (κ1) is 12.9. The van der Waals surface area contributed by atoms with Gasteiger partial charge in [-0.3, -0.25) is 0 Å². The Morgan fingerprint density at radius 3 is 2.71 bits per heavy atom. The summed E-state index contributed by atoms with van der Waals surface area (Å²) in [5.41, 5.74) is 1.13. The quantitative estimate of drug-likeness (QED) is 0.809. The Bertz CT molecular complexity index is 430. The normalized spacial score (nSPS) is 11.5. The van der Waals surface area contributed by atoms with E-state index >= 15 is 0 Å². The first-order chi connectivity index (χ1) is 8.33. The van der Waals surface area contributed by atoms with Gasteiger partial charge < -0.3 is 4.90 Å². The van der Waals surface area contributed by atoms with E-state index in [1.807, 2.05) is 11.8 Å². The molecule has 0 saturated heterocycles. The Kier molecular flexibility index (Phi) is 4.83. The molecule has 0 atom stereocenters. The summed E-state index contributed by atoms with van der Waals surface area (Å²) in [4.78, 5) is 6.30. The largest absolute Gasteiger partial charge is 0.335 e. The molecule has 1 aromatic heterocycles. The van der Waals surface area contributed by atoms with Crippen LogP contribution >= 0.6 is 23.1 Å². The number of thioether (sulfide) groups is 1. The maximum Gasteiger partial charge on any atom is 0.151 e. The fraction of sp³-hybridized carbons (Fsp3) is 0.462. The number of hydrogen-bond acceptors (Lipinski definition) is 3. The Balaban J connectivity index is 1.90. The molecule has 2 nitrogen and oxygen atoms in total. The van der Waals surface area contributed by atoms with E-state index in [1.54, 1.807) is 16.2 Å². The lowest BCUT2D eigenvalue weighted by atomic mass is 10.3. The second-order valence-electron chi connectivity index (χ2n) is 4.00. The Morgan fingerprint density at radius 1 is 1.24 bits per heavy atom. The van der Waals surface area contributed by atoms with Crippen molar-refractivity contribution in [3.05, 3.63) is 24.3 Å². The SMILES string of the molecule is CC[NH+](CC)CCSc1nc2ccccc2s1. The van der Waals surface area contributed by atoms with E-state index in [0.29, 0.717) is 0 Å². The topological polar surface area (TPSA) is 17.3 Å². The first-order valence-electron chi connectivity index (χ1n) is 6.15. The Hall–Kier alpha value is -0.580. The Labute approximate surface area is 111 Å². The molecule has 0 unspecified atom stereocenters. The van der Waals surface area contributed by atoms with Gasteiger partial charge in [0.25, 0.3) is 0 Å². The lowest BCUT2D eigenvalue weighted by Crippen LogP contribution is -3.11. The second kappa shape index (κ2) is 6.38. The van der Waals surface area contributed by atoms with E-state index in [1.165, 1.54) is 28.7 Å². The smallest absolute Gasteiger partial charge is 0.151 e. The van der Waals surface area contributed by atoms with Gasteiger partial charge in [0.2, 0.25) is 0 Å². The zero-order chi connectivity index (χ0) is 12.1. The summed E-state index contributed by atoms with van der Waals surface area (Å²) >= 11 is 3.70. The lowest BCUT2D eigenvalue weighted by molar-refractivity contribution is -0.893. The number of fused-ring (bicyclic) bond motifs is 1. The van der Waals surface area contributed by atoms with Crippen molar-refractivity contribution in [2.45, 2.75) is 18.2 Å². The van der Waals surface area contributed by atoms with Gasteiger partial charge in [-0.1, -0.05) is 23.9 Å². The number of rotatable bonds is 6. The van der Waals surface area contributed by atoms with E-state index < -0.39 is 0 Å². The summed E-state index contributed by atoms with van der Waals surface area (Å²) in [6, 6.07) is 8.36. The summed E-state index contributed by atoms with van der Waals surface area (Å²) in [5, 5.41) is 0. The van der Waals surface area contributed by atoms with Crippen LogP contribution in [0.4, 0.5) is 0 Å². The van der Waals surface area contributed by atoms with Crippen molar-refractivity contribution in [1.29, 1.82) is 0 Å². The highest BCUT2D eigenvalue weighted by Gasteiger charge is 2.06. The molecule has 0 bridgehead atoms. The molecule has 17 heavy (non-hydrogen) atoms. The third-order valence-corrected chi connectivity index (χ3v) is 5.14. The predicted octanol–water partition coefficient (Wildman–Crippen LogP) is 2.31. The highest BCUT2D eigenvalue weighted by molar-refractivity contribution is 8.01. The molecule has 0 aliphatic heterocycles. The van der Waals surface area contributed by atoms with Gasteiger partial charge in [-0.05, 0) is 26.0 Å². The van der Waals surface area contributed by atoms with Gasteiger partial charge in [0.15, 0.2) is 4.34 Å². The van der Waals surface area contributed by atoms with Gasteiger partial charge in [-0.25, -0.2) is 4.98 Å². The van der Waals surface area contributed by atoms with Crippen LogP contribution in [0.2, 0.25) is 0 Å². The van der Waals surface area contributed by atoms with Crippen LogP contribution in [0.1, 0.15) is 13.8 Å². The molecule has 0 amide bonds. The third kappa shape index (κ3) is 3.44. The molecule has 1 N–H and O–H groups in total. The van der Waals surface area contributed by atoms with E-state index in [-0.39, 0.29) is 0 Å². The average molecular weight is 267 g/mol. The van der Waals surface area contributed by atoms with E-state index in [9.17, 15) is 0 Å². The van der Waals surface area contributed by atoms with Crippen molar-refractivity contribution >= 4 is 33.3 Å². The van der Waals surface area contributed by atoms with Crippen LogP contribution in [0, 0.1) is 0 Å². The number of para-hydroxylation sites is 1. The molecule has 0 aliphatic carbocycles. The lowest BCUT2D eigenvalue weighted by Gasteiger charge is -2.13. The molecule has 0 saturated carbocycles. The Morgan fingerprint density at radius 2 is 2.00 bits per heavy atom. The number of aromatic nitrogens is 1. The zero-order valence-electron chi connectivity index (χ0n) is 10.4. The minimum atomic E-state index is 1.13. The number of nitrogens with zero attached hydrogens (tertiary/aromatic N) is 1. The molecule has 0 spiro atoms. The van der Waals surface area contributed by atoms with Crippen molar-refractivity contribution in [2.75, 3.05) is 25.4 Å². The van der Waals surface area contributed by atoms with Crippen molar-refractivity contribution in [1.82, 2.24) is 4.98 Å². The van der Waals surface area contributed by atoms with Crippen molar-refractivity contribution in [2.24, 2.45) is 0 Å². The first-order valence-corrected chi connectivity index (χ1v) is 7.95. The number of hydrogen-bond donors (Lipinski definition) is 1. The molecule has 2 rings (SSSR count). The maximum atomic E-state index is 4.63. The van der Waals surface area contributed by atoms with E-state index in [2.05, 4.69) is 43.1 Å². The van der Waals surface area contributed by atoms with Crippen LogP contribution in [-0.2, 0) is 0 Å². The van der Waals surface area contributed by atoms with Crippen LogP contribution < -0.4 is 4.90 Å². The van der Waals surface area contributed by atoms with Gasteiger partial charge in [0, 0.05) is 5.75 Å². The number of nitrogens with one attached hydrogen (secondary N) is 1. The van der Waals surface area contributed by atoms with Crippen LogP contribution in [0.5, 0.6) is 0 Å². The van der Waals surface area contributed by atoms with Crippen LogP contribution in [-0.4, -0.2) is 30.4 Å². The minimum Gasteiger partial charge on any atom is -0.335 e. The fourth-order valence-electron chi connectivity index (χ4n) is 1.80. The van der Waals surface area contributed by atoms with E-state index in [0.717, 1.165) is 11.3 Å². The third-order valence-electron chi connectivity index (χ3n) is 2.96. The standard InChI is InChI=1S/C13H18N2S2/c1-3-15(4-2)9-10-16-13-14-11-7-5-6-8-12(11)17-13/h5-8H,3-4,9-10H2,1-2H3/p+1. The highest BCUT2D eigenvalue weighted by atomic mass is 32.2. The molecule has 1 heterocycles. The summed E-state index contributed by atoms with van der Waals surface area (Å²) in [6.07, 6.45) is 0. The van der Waals surface area contributed by atoms with Crippen molar-refractivity contribution in [3.63, 3.8) is 0 Å². The summed E-state index contributed by atoms with van der Waals surface area (Å²) in [6.45, 7) is 8.17. The highest BCUT2D eigenvalue weighted by Crippen LogP contribution is 2.28. The zero-order valence-corrected chi connectivity index (χ0v) is 12.0. The fourth-order valence-corrected chi connectivity index (χ4v) is 3.98. The number of quaternary nitrogens is 1. The molecular weight excluding hydrogens is 248 g/mol. The van der Waals surface area contributed by atoms with Gasteiger partial charge in [-0.2, -0.15) is 0 Å². The van der Waals surface area contributed by atoms with Gasteiger partial charge in [0.1, 0.15) is 0 Å². The minimum absolute atomic E-state index is 1.13. The molecule has 92 valence electrons. The van der Waals surface area contributed by atoms with Crippen LogP contribution in [0.3, 0.4) is 0 Å². The monoisotopic (exact) mass is 267 g/mol. The number of benzene rings is 1. The second-order valence-corrected chi connectivity index (χ2v) is 6.38. The van der Waals surface area contributed by atoms with Gasteiger partial charge in [-0.15, -0.1) is 11.3 Å². The van der Waals surface area contributed by atoms with E-state index in [4.69, 9.17) is 0 Å². The molecule has 1 aromatic carbocycles. The maximum absolute atomic E-state index is 4.63. The summed E-state index contributed by atoms with van der Waals surface area (Å²) in [5.74, 6) is 1.16.